The van der Waals surface area contributed by atoms with E-state index in [0.717, 1.165) is 30.0 Å². The van der Waals surface area contributed by atoms with E-state index in [0.29, 0.717) is 0 Å². The predicted octanol–water partition coefficient (Wildman–Crippen LogP) is 3.45. The molecule has 0 atom stereocenters. The first-order chi connectivity index (χ1) is 8.19. The number of aromatic nitrogens is 2. The number of rotatable bonds is 4. The van der Waals surface area contributed by atoms with Gasteiger partial charge in [-0.05, 0) is 25.2 Å². The van der Waals surface area contributed by atoms with Gasteiger partial charge in [-0.15, -0.1) is 0 Å². The molecule has 96 valence electrons. The highest BCUT2D eigenvalue weighted by Gasteiger charge is 2.18. The molecule has 1 fully saturated rings. The van der Waals surface area contributed by atoms with Crippen LogP contribution in [0.5, 0.6) is 0 Å². The summed E-state index contributed by atoms with van der Waals surface area (Å²) in [5, 5.41) is 3.16. The lowest BCUT2D eigenvalue weighted by Gasteiger charge is -2.26. The summed E-state index contributed by atoms with van der Waals surface area (Å²) in [7, 11) is 1.95. The molecule has 1 aromatic rings. The maximum absolute atomic E-state index is 4.46. The van der Waals surface area contributed by atoms with Gasteiger partial charge >= 0.3 is 0 Å². The molecular formula is C14H25N3. The summed E-state index contributed by atoms with van der Waals surface area (Å²) in [6, 6.07) is 0. The highest BCUT2D eigenvalue weighted by Crippen LogP contribution is 2.30. The van der Waals surface area contributed by atoms with Crippen LogP contribution in [-0.2, 0) is 6.54 Å². The summed E-state index contributed by atoms with van der Waals surface area (Å²) < 4.78 is 2.26. The largest absolute Gasteiger partial charge is 0.359 e. The van der Waals surface area contributed by atoms with Crippen LogP contribution in [0.2, 0.25) is 0 Å². The molecule has 1 N–H and O–H groups in total. The van der Waals surface area contributed by atoms with Gasteiger partial charge in [-0.1, -0.05) is 32.6 Å². The molecule has 0 unspecified atom stereocenters. The van der Waals surface area contributed by atoms with Crippen LogP contribution in [0, 0.1) is 18.8 Å². The maximum atomic E-state index is 4.46. The highest BCUT2D eigenvalue weighted by atomic mass is 15.2. The van der Waals surface area contributed by atoms with Crippen molar-refractivity contribution >= 4 is 5.95 Å². The second-order valence-corrected chi connectivity index (χ2v) is 5.56. The molecule has 0 amide bonds. The Morgan fingerprint density at radius 1 is 1.35 bits per heavy atom. The van der Waals surface area contributed by atoms with Crippen molar-refractivity contribution in [3.8, 4) is 0 Å². The van der Waals surface area contributed by atoms with E-state index in [-0.39, 0.29) is 0 Å². The Bertz CT molecular complexity index is 348. The summed E-state index contributed by atoms with van der Waals surface area (Å²) in [6.45, 7) is 5.55. The maximum Gasteiger partial charge on any atom is 0.202 e. The zero-order valence-corrected chi connectivity index (χ0v) is 11.4. The van der Waals surface area contributed by atoms with Crippen LogP contribution in [0.25, 0.3) is 0 Å². The number of anilines is 1. The summed E-state index contributed by atoms with van der Waals surface area (Å²) in [6.07, 6.45) is 9.14. The fraction of sp³-hybridized carbons (Fsp3) is 0.786. The zero-order valence-electron chi connectivity index (χ0n) is 11.4. The van der Waals surface area contributed by atoms with Crippen molar-refractivity contribution in [1.82, 2.24) is 9.55 Å². The molecule has 1 aliphatic rings. The van der Waals surface area contributed by atoms with Gasteiger partial charge in [0.1, 0.15) is 0 Å². The Morgan fingerprint density at radius 3 is 2.71 bits per heavy atom. The lowest BCUT2D eigenvalue weighted by Crippen LogP contribution is -2.14. The fourth-order valence-electron chi connectivity index (χ4n) is 2.86. The summed E-state index contributed by atoms with van der Waals surface area (Å²) >= 11 is 0. The lowest BCUT2D eigenvalue weighted by molar-refractivity contribution is 0.269. The molecule has 0 spiro atoms. The average Bonchev–Trinajstić information content (AvgIpc) is 2.69. The molecular weight excluding hydrogens is 210 g/mol. The summed E-state index contributed by atoms with van der Waals surface area (Å²) in [5.74, 6) is 2.89. The monoisotopic (exact) mass is 235 g/mol. The third kappa shape index (κ3) is 3.24. The van der Waals surface area contributed by atoms with Crippen LogP contribution in [0.1, 0.15) is 44.7 Å². The molecule has 17 heavy (non-hydrogen) atoms. The fourth-order valence-corrected chi connectivity index (χ4v) is 2.86. The zero-order chi connectivity index (χ0) is 12.3. The van der Waals surface area contributed by atoms with Crippen LogP contribution in [0.4, 0.5) is 5.95 Å². The summed E-state index contributed by atoms with van der Waals surface area (Å²) in [4.78, 5) is 4.46. The molecule has 2 rings (SSSR count). The van der Waals surface area contributed by atoms with Crippen LogP contribution in [0.15, 0.2) is 6.20 Å². The molecule has 3 heteroatoms. The van der Waals surface area contributed by atoms with Gasteiger partial charge in [-0.25, -0.2) is 4.98 Å². The Morgan fingerprint density at radius 2 is 2.06 bits per heavy atom. The van der Waals surface area contributed by atoms with Crippen LogP contribution < -0.4 is 5.32 Å². The third-order valence-electron chi connectivity index (χ3n) is 4.03. The SMILES string of the molecule is CNc1nc(C)cn1CCC1CCC(C)CC1. The van der Waals surface area contributed by atoms with Crippen molar-refractivity contribution in [1.29, 1.82) is 0 Å². The van der Waals surface area contributed by atoms with E-state index in [4.69, 9.17) is 0 Å². The Hall–Kier alpha value is -0.990. The molecule has 1 aromatic heterocycles. The normalized spacial score (nSPS) is 24.9. The molecule has 1 aliphatic carbocycles. The van der Waals surface area contributed by atoms with Crippen molar-refractivity contribution in [3.05, 3.63) is 11.9 Å². The van der Waals surface area contributed by atoms with Gasteiger partial charge in [-0.3, -0.25) is 0 Å². The van der Waals surface area contributed by atoms with Gasteiger partial charge in [0.05, 0.1) is 5.69 Å². The average molecular weight is 235 g/mol. The summed E-state index contributed by atoms with van der Waals surface area (Å²) in [5.41, 5.74) is 1.10. The molecule has 0 saturated heterocycles. The minimum absolute atomic E-state index is 0.929. The number of hydrogen-bond acceptors (Lipinski definition) is 2. The van der Waals surface area contributed by atoms with Gasteiger partial charge in [0.15, 0.2) is 0 Å². The first-order valence-corrected chi connectivity index (χ1v) is 6.90. The number of nitrogens with zero attached hydrogens (tertiary/aromatic N) is 2. The second kappa shape index (κ2) is 5.56. The van der Waals surface area contributed by atoms with E-state index in [9.17, 15) is 0 Å². The van der Waals surface area contributed by atoms with Gasteiger partial charge < -0.3 is 9.88 Å². The van der Waals surface area contributed by atoms with Crippen molar-refractivity contribution in [2.24, 2.45) is 11.8 Å². The van der Waals surface area contributed by atoms with E-state index in [1.54, 1.807) is 0 Å². The first kappa shape index (κ1) is 12.5. The van der Waals surface area contributed by atoms with Gasteiger partial charge in [-0.2, -0.15) is 0 Å². The van der Waals surface area contributed by atoms with Crippen molar-refractivity contribution in [3.63, 3.8) is 0 Å². The van der Waals surface area contributed by atoms with Crippen LogP contribution >= 0.6 is 0 Å². The second-order valence-electron chi connectivity index (χ2n) is 5.56. The topological polar surface area (TPSA) is 29.9 Å². The molecule has 0 bridgehead atoms. The minimum atomic E-state index is 0.929. The van der Waals surface area contributed by atoms with E-state index in [1.165, 1.54) is 32.1 Å². The molecule has 0 radical (unpaired) electrons. The predicted molar refractivity (Wildman–Crippen MR) is 72.2 cm³/mol. The van der Waals surface area contributed by atoms with E-state index in [2.05, 4.69) is 34.9 Å². The molecule has 0 aliphatic heterocycles. The Kier molecular flexibility index (Phi) is 4.08. The minimum Gasteiger partial charge on any atom is -0.359 e. The first-order valence-electron chi connectivity index (χ1n) is 6.90. The lowest BCUT2D eigenvalue weighted by atomic mass is 9.81. The standard InChI is InChI=1S/C14H25N3/c1-11-4-6-13(7-5-11)8-9-17-10-12(2)16-14(17)15-3/h10-11,13H,4-9H2,1-3H3,(H,15,16). The molecule has 1 saturated carbocycles. The van der Waals surface area contributed by atoms with Crippen molar-refractivity contribution < 1.29 is 0 Å². The van der Waals surface area contributed by atoms with Crippen molar-refractivity contribution in [2.75, 3.05) is 12.4 Å². The molecule has 0 aromatic carbocycles. The van der Waals surface area contributed by atoms with Gasteiger partial charge in [0.25, 0.3) is 0 Å². The molecule has 1 heterocycles. The molecule has 3 nitrogen and oxygen atoms in total. The Labute approximate surface area is 105 Å². The van der Waals surface area contributed by atoms with Crippen molar-refractivity contribution in [2.45, 2.75) is 52.5 Å². The van der Waals surface area contributed by atoms with Gasteiger partial charge in [0, 0.05) is 19.8 Å². The number of hydrogen-bond donors (Lipinski definition) is 1. The number of nitrogens with one attached hydrogen (secondary N) is 1. The third-order valence-corrected chi connectivity index (χ3v) is 4.03. The van der Waals surface area contributed by atoms with Crippen LogP contribution in [0.3, 0.4) is 0 Å². The van der Waals surface area contributed by atoms with E-state index < -0.39 is 0 Å². The Balaban J connectivity index is 1.85. The quantitative estimate of drug-likeness (QED) is 0.866. The van der Waals surface area contributed by atoms with Gasteiger partial charge in [0.2, 0.25) is 5.95 Å². The smallest absolute Gasteiger partial charge is 0.202 e. The van der Waals surface area contributed by atoms with Crippen LogP contribution in [-0.4, -0.2) is 16.6 Å². The van der Waals surface area contributed by atoms with E-state index in [1.807, 2.05) is 7.05 Å². The van der Waals surface area contributed by atoms with E-state index >= 15 is 0 Å². The number of imidazole rings is 1. The number of aryl methyl sites for hydroxylation is 2. The highest BCUT2D eigenvalue weighted by molar-refractivity contribution is 5.27.